The van der Waals surface area contributed by atoms with E-state index < -0.39 is 5.97 Å². The first kappa shape index (κ1) is 14.5. The predicted molar refractivity (Wildman–Crippen MR) is 75.4 cm³/mol. The molecular formula is C13H22N2O3S. The molecule has 2 fully saturated rings. The number of carboxylic acid groups (broad SMARTS) is 1. The molecule has 1 aliphatic carbocycles. The smallest absolute Gasteiger partial charge is 0.317 e. The number of hydrogen-bond donors (Lipinski definition) is 2. The van der Waals surface area contributed by atoms with Gasteiger partial charge in [0.05, 0.1) is 0 Å². The van der Waals surface area contributed by atoms with Crippen LogP contribution in [0.1, 0.15) is 32.1 Å². The van der Waals surface area contributed by atoms with Crippen molar-refractivity contribution in [3.63, 3.8) is 0 Å². The zero-order chi connectivity index (χ0) is 13.9. The van der Waals surface area contributed by atoms with Gasteiger partial charge in [0.1, 0.15) is 0 Å². The van der Waals surface area contributed by atoms with Gasteiger partial charge in [-0.1, -0.05) is 0 Å². The molecule has 19 heavy (non-hydrogen) atoms. The summed E-state index contributed by atoms with van der Waals surface area (Å²) in [5.41, 5.74) is 0. The summed E-state index contributed by atoms with van der Waals surface area (Å²) in [6.45, 7) is 2.05. The molecule has 2 rings (SSSR count). The van der Waals surface area contributed by atoms with Gasteiger partial charge in [-0.3, -0.25) is 4.79 Å². The minimum absolute atomic E-state index is 0.0320. The van der Waals surface area contributed by atoms with Crippen LogP contribution >= 0.6 is 11.8 Å². The van der Waals surface area contributed by atoms with Crippen LogP contribution in [0.2, 0.25) is 0 Å². The molecule has 1 saturated heterocycles. The Bertz CT molecular complexity index is 358. The number of piperidine rings is 1. The van der Waals surface area contributed by atoms with Crippen molar-refractivity contribution in [2.75, 3.05) is 25.9 Å². The van der Waals surface area contributed by atoms with E-state index in [2.05, 4.69) is 11.6 Å². The molecule has 1 atom stereocenters. The number of rotatable bonds is 5. The molecule has 1 aliphatic heterocycles. The lowest BCUT2D eigenvalue weighted by atomic mass is 9.95. The van der Waals surface area contributed by atoms with Gasteiger partial charge < -0.3 is 15.3 Å². The zero-order valence-corrected chi connectivity index (χ0v) is 12.2. The second kappa shape index (κ2) is 6.03. The highest BCUT2D eigenvalue weighted by molar-refractivity contribution is 8.00. The average molecular weight is 286 g/mol. The van der Waals surface area contributed by atoms with E-state index in [0.29, 0.717) is 6.54 Å². The topological polar surface area (TPSA) is 69.6 Å². The van der Waals surface area contributed by atoms with Gasteiger partial charge in [-0.05, 0) is 37.9 Å². The molecule has 0 aromatic carbocycles. The average Bonchev–Trinajstić information content (AvgIpc) is 3.16. The molecule has 1 unspecified atom stereocenters. The monoisotopic (exact) mass is 286 g/mol. The van der Waals surface area contributed by atoms with Gasteiger partial charge in [0.15, 0.2) is 0 Å². The summed E-state index contributed by atoms with van der Waals surface area (Å²) in [5, 5.41) is 11.8. The second-order valence-corrected chi connectivity index (χ2v) is 6.87. The molecule has 0 spiro atoms. The van der Waals surface area contributed by atoms with Crippen molar-refractivity contribution >= 4 is 23.8 Å². The minimum Gasteiger partial charge on any atom is -0.481 e. The number of carboxylic acids is 1. The zero-order valence-electron chi connectivity index (χ0n) is 11.4. The van der Waals surface area contributed by atoms with Gasteiger partial charge in [-0.2, -0.15) is 11.8 Å². The molecule has 1 saturated carbocycles. The van der Waals surface area contributed by atoms with Crippen LogP contribution in [0.5, 0.6) is 0 Å². The van der Waals surface area contributed by atoms with E-state index in [1.807, 2.05) is 11.8 Å². The van der Waals surface area contributed by atoms with Crippen molar-refractivity contribution in [1.82, 2.24) is 10.2 Å². The first-order chi connectivity index (χ1) is 9.04. The van der Waals surface area contributed by atoms with Crippen molar-refractivity contribution in [2.24, 2.45) is 5.92 Å². The molecule has 2 N–H and O–H groups in total. The Morgan fingerprint density at radius 2 is 2.21 bits per heavy atom. The SMILES string of the molecule is CSC1(CNC(=O)N2CCCC(CC(=O)O)C2)CC1. The Labute approximate surface area is 118 Å². The largest absolute Gasteiger partial charge is 0.481 e. The maximum atomic E-state index is 12.1. The lowest BCUT2D eigenvalue weighted by molar-refractivity contribution is -0.138. The van der Waals surface area contributed by atoms with Crippen molar-refractivity contribution in [3.8, 4) is 0 Å². The van der Waals surface area contributed by atoms with Crippen LogP contribution in [-0.2, 0) is 4.79 Å². The van der Waals surface area contributed by atoms with Crippen LogP contribution in [0.15, 0.2) is 0 Å². The van der Waals surface area contributed by atoms with Crippen molar-refractivity contribution < 1.29 is 14.7 Å². The lowest BCUT2D eigenvalue weighted by Crippen LogP contribution is -2.47. The standard InChI is InChI=1S/C13H22N2O3S/c1-19-13(4-5-13)9-14-12(18)15-6-2-3-10(8-15)7-11(16)17/h10H,2-9H2,1H3,(H,14,18)(H,16,17). The molecule has 1 heterocycles. The molecule has 0 radical (unpaired) electrons. The van der Waals surface area contributed by atoms with Crippen LogP contribution in [0.3, 0.4) is 0 Å². The number of nitrogens with zero attached hydrogens (tertiary/aromatic N) is 1. The molecule has 2 amide bonds. The molecular weight excluding hydrogens is 264 g/mol. The van der Waals surface area contributed by atoms with Gasteiger partial charge in [-0.15, -0.1) is 0 Å². The molecule has 0 bridgehead atoms. The number of nitrogens with one attached hydrogen (secondary N) is 1. The Morgan fingerprint density at radius 1 is 1.47 bits per heavy atom. The third kappa shape index (κ3) is 4.03. The summed E-state index contributed by atoms with van der Waals surface area (Å²) < 4.78 is 0.270. The van der Waals surface area contributed by atoms with Gasteiger partial charge in [0.25, 0.3) is 0 Å². The minimum atomic E-state index is -0.772. The number of urea groups is 1. The molecule has 0 aromatic heterocycles. The van der Waals surface area contributed by atoms with Crippen molar-refractivity contribution in [3.05, 3.63) is 0 Å². The summed E-state index contributed by atoms with van der Waals surface area (Å²) in [7, 11) is 0. The third-order valence-corrected chi connectivity index (χ3v) is 5.49. The van der Waals surface area contributed by atoms with Gasteiger partial charge in [-0.25, -0.2) is 4.79 Å². The first-order valence-corrected chi connectivity index (χ1v) is 8.07. The van der Waals surface area contributed by atoms with Crippen molar-refractivity contribution in [1.29, 1.82) is 0 Å². The Hall–Kier alpha value is -0.910. The Kier molecular flexibility index (Phi) is 4.60. The van der Waals surface area contributed by atoms with E-state index in [4.69, 9.17) is 5.11 Å². The number of carbonyl (C=O) groups excluding carboxylic acids is 1. The summed E-state index contributed by atoms with van der Waals surface area (Å²) in [4.78, 5) is 24.6. The first-order valence-electron chi connectivity index (χ1n) is 6.84. The van der Waals surface area contributed by atoms with Crippen molar-refractivity contribution in [2.45, 2.75) is 36.9 Å². The molecule has 108 valence electrons. The van der Waals surface area contributed by atoms with E-state index in [1.54, 1.807) is 4.90 Å². The highest BCUT2D eigenvalue weighted by Gasteiger charge is 2.42. The van der Waals surface area contributed by atoms with Crippen LogP contribution in [0.4, 0.5) is 4.79 Å². The maximum absolute atomic E-state index is 12.1. The number of thioether (sulfide) groups is 1. The van der Waals surface area contributed by atoms with Gasteiger partial charge >= 0.3 is 12.0 Å². The number of hydrogen-bond acceptors (Lipinski definition) is 3. The predicted octanol–water partition coefficient (Wildman–Crippen LogP) is 1.78. The molecule has 0 aromatic rings. The Morgan fingerprint density at radius 3 is 2.79 bits per heavy atom. The summed E-state index contributed by atoms with van der Waals surface area (Å²) in [5.74, 6) is -0.668. The fraction of sp³-hybridized carbons (Fsp3) is 0.846. The number of likely N-dealkylation sites (tertiary alicyclic amines) is 1. The van der Waals surface area contributed by atoms with E-state index in [1.165, 1.54) is 12.8 Å². The normalized spacial score (nSPS) is 24.9. The van der Waals surface area contributed by atoms with Gasteiger partial charge in [0, 0.05) is 30.8 Å². The molecule has 2 aliphatic rings. The summed E-state index contributed by atoms with van der Waals surface area (Å²) in [6.07, 6.45) is 6.41. The van der Waals surface area contributed by atoms with Crippen LogP contribution in [-0.4, -0.2) is 52.6 Å². The fourth-order valence-electron chi connectivity index (χ4n) is 2.60. The van der Waals surface area contributed by atoms with Crippen LogP contribution in [0.25, 0.3) is 0 Å². The Balaban J connectivity index is 1.76. The fourth-order valence-corrected chi connectivity index (χ4v) is 3.33. The number of carbonyl (C=O) groups is 2. The summed E-state index contributed by atoms with van der Waals surface area (Å²) in [6, 6.07) is -0.0320. The van der Waals surface area contributed by atoms with Gasteiger partial charge in [0.2, 0.25) is 0 Å². The highest BCUT2D eigenvalue weighted by Crippen LogP contribution is 2.46. The second-order valence-electron chi connectivity index (χ2n) is 5.60. The van der Waals surface area contributed by atoms with Crippen LogP contribution < -0.4 is 5.32 Å². The van der Waals surface area contributed by atoms with E-state index in [9.17, 15) is 9.59 Å². The van der Waals surface area contributed by atoms with E-state index in [0.717, 1.165) is 25.9 Å². The highest BCUT2D eigenvalue weighted by atomic mass is 32.2. The van der Waals surface area contributed by atoms with E-state index in [-0.39, 0.29) is 23.1 Å². The van der Waals surface area contributed by atoms with E-state index >= 15 is 0 Å². The molecule has 5 nitrogen and oxygen atoms in total. The summed E-state index contributed by atoms with van der Waals surface area (Å²) >= 11 is 1.82. The van der Waals surface area contributed by atoms with Crippen LogP contribution in [0, 0.1) is 5.92 Å². The third-order valence-electron chi connectivity index (χ3n) is 4.07. The quantitative estimate of drug-likeness (QED) is 0.808. The number of aliphatic carboxylic acids is 1. The molecule has 6 heteroatoms. The maximum Gasteiger partial charge on any atom is 0.317 e. The lowest BCUT2D eigenvalue weighted by Gasteiger charge is -2.32. The number of amides is 2.